The maximum absolute atomic E-state index is 11.6. The van der Waals surface area contributed by atoms with Gasteiger partial charge in [0.05, 0.1) is 0 Å². The molecule has 0 aliphatic heterocycles. The molecule has 104 valence electrons. The van der Waals surface area contributed by atoms with E-state index >= 15 is 0 Å². The molecule has 1 atom stereocenters. The van der Waals surface area contributed by atoms with Crippen LogP contribution in [0.15, 0.2) is 22.7 Å². The first-order chi connectivity index (χ1) is 8.93. The molecular formula is C11H12BrIN2O4. The number of aliphatic hydroxyl groups excluding tert-OH is 1. The second kappa shape index (κ2) is 7.65. The number of aliphatic carboxylic acids is 1. The van der Waals surface area contributed by atoms with Crippen molar-refractivity contribution in [3.05, 3.63) is 26.2 Å². The van der Waals surface area contributed by atoms with Crippen molar-refractivity contribution in [3.63, 3.8) is 0 Å². The van der Waals surface area contributed by atoms with Crippen LogP contribution >= 0.6 is 38.5 Å². The maximum atomic E-state index is 11.6. The van der Waals surface area contributed by atoms with Gasteiger partial charge < -0.3 is 20.8 Å². The number of carboxylic acids is 1. The highest BCUT2D eigenvalue weighted by Crippen LogP contribution is 2.22. The number of carbonyl (C=O) groups excluding carboxylic acids is 1. The number of carbonyl (C=O) groups is 2. The van der Waals surface area contributed by atoms with Gasteiger partial charge in [-0.2, -0.15) is 0 Å². The lowest BCUT2D eigenvalue weighted by Crippen LogP contribution is -2.43. The van der Waals surface area contributed by atoms with E-state index in [1.165, 1.54) is 0 Å². The van der Waals surface area contributed by atoms with Crippen molar-refractivity contribution in [2.24, 2.45) is 0 Å². The van der Waals surface area contributed by atoms with Gasteiger partial charge in [0.2, 0.25) is 0 Å². The standard InChI is InChI=1S/C11H12BrIN2O4/c12-7-5-6(1-2-8(7)13)14-11(19)15-9(3-4-16)10(17)18/h1-2,5,9,16H,3-4H2,(H,17,18)(H2,14,15,19). The van der Waals surface area contributed by atoms with Gasteiger partial charge in [0.15, 0.2) is 0 Å². The number of nitrogens with one attached hydrogen (secondary N) is 2. The molecule has 1 aromatic carbocycles. The van der Waals surface area contributed by atoms with Crippen molar-refractivity contribution >= 4 is 56.2 Å². The smallest absolute Gasteiger partial charge is 0.326 e. The summed E-state index contributed by atoms with van der Waals surface area (Å²) in [6, 6.07) is 3.48. The molecule has 1 aromatic rings. The number of anilines is 1. The largest absolute Gasteiger partial charge is 0.480 e. The second-order valence-electron chi connectivity index (χ2n) is 3.63. The van der Waals surface area contributed by atoms with Gasteiger partial charge in [0.25, 0.3) is 0 Å². The molecule has 19 heavy (non-hydrogen) atoms. The number of hydrogen-bond acceptors (Lipinski definition) is 3. The number of rotatable bonds is 5. The van der Waals surface area contributed by atoms with Crippen molar-refractivity contribution in [2.75, 3.05) is 11.9 Å². The van der Waals surface area contributed by atoms with E-state index in [-0.39, 0.29) is 13.0 Å². The lowest BCUT2D eigenvalue weighted by molar-refractivity contribution is -0.139. The van der Waals surface area contributed by atoms with Crippen molar-refractivity contribution in [3.8, 4) is 0 Å². The van der Waals surface area contributed by atoms with Gasteiger partial charge in [-0.05, 0) is 56.7 Å². The third-order valence-electron chi connectivity index (χ3n) is 2.20. The fourth-order valence-electron chi connectivity index (χ4n) is 1.29. The van der Waals surface area contributed by atoms with Crippen LogP contribution in [0.25, 0.3) is 0 Å². The molecule has 1 rings (SSSR count). The number of aliphatic hydroxyl groups is 1. The van der Waals surface area contributed by atoms with Gasteiger partial charge in [0, 0.05) is 26.8 Å². The lowest BCUT2D eigenvalue weighted by Gasteiger charge is -2.14. The summed E-state index contributed by atoms with van der Waals surface area (Å²) in [7, 11) is 0. The van der Waals surface area contributed by atoms with E-state index < -0.39 is 18.0 Å². The van der Waals surface area contributed by atoms with E-state index in [1.807, 2.05) is 6.07 Å². The van der Waals surface area contributed by atoms with Gasteiger partial charge in [-0.1, -0.05) is 0 Å². The molecule has 0 saturated carbocycles. The van der Waals surface area contributed by atoms with Crippen LogP contribution in [0.4, 0.5) is 10.5 Å². The lowest BCUT2D eigenvalue weighted by atomic mass is 10.2. The average Bonchev–Trinajstić information content (AvgIpc) is 2.33. The first-order valence-electron chi connectivity index (χ1n) is 5.30. The van der Waals surface area contributed by atoms with Crippen molar-refractivity contribution in [1.82, 2.24) is 5.32 Å². The normalized spacial score (nSPS) is 11.7. The van der Waals surface area contributed by atoms with E-state index in [9.17, 15) is 9.59 Å². The van der Waals surface area contributed by atoms with Gasteiger partial charge in [-0.3, -0.25) is 0 Å². The summed E-state index contributed by atoms with van der Waals surface area (Å²) >= 11 is 5.46. The van der Waals surface area contributed by atoms with Crippen LogP contribution in [-0.4, -0.2) is 34.9 Å². The molecule has 0 aliphatic rings. The van der Waals surface area contributed by atoms with E-state index in [0.29, 0.717) is 5.69 Å². The molecule has 0 radical (unpaired) electrons. The number of carboxylic acid groups (broad SMARTS) is 1. The Hall–Kier alpha value is -0.870. The molecule has 0 heterocycles. The van der Waals surface area contributed by atoms with Gasteiger partial charge in [0.1, 0.15) is 6.04 Å². The molecule has 1 unspecified atom stereocenters. The minimum absolute atomic E-state index is 0.0425. The fraction of sp³-hybridized carbons (Fsp3) is 0.273. The van der Waals surface area contributed by atoms with E-state index in [1.54, 1.807) is 12.1 Å². The molecule has 2 amide bonds. The second-order valence-corrected chi connectivity index (χ2v) is 5.65. The van der Waals surface area contributed by atoms with Crippen molar-refractivity contribution in [2.45, 2.75) is 12.5 Å². The quantitative estimate of drug-likeness (QED) is 0.524. The number of amides is 2. The molecule has 6 nitrogen and oxygen atoms in total. The Kier molecular flexibility index (Phi) is 6.52. The van der Waals surface area contributed by atoms with Crippen LogP contribution in [-0.2, 0) is 4.79 Å². The summed E-state index contributed by atoms with van der Waals surface area (Å²) in [6.45, 7) is -0.313. The van der Waals surface area contributed by atoms with E-state index in [4.69, 9.17) is 10.2 Å². The first kappa shape index (κ1) is 16.2. The highest BCUT2D eigenvalue weighted by molar-refractivity contribution is 14.1. The highest BCUT2D eigenvalue weighted by Gasteiger charge is 2.19. The zero-order valence-electron chi connectivity index (χ0n) is 9.69. The Balaban J connectivity index is 2.63. The molecule has 0 aromatic heterocycles. The molecule has 0 spiro atoms. The summed E-state index contributed by atoms with van der Waals surface area (Å²) in [5.74, 6) is -1.19. The molecule has 0 bridgehead atoms. The van der Waals surface area contributed by atoms with Crippen LogP contribution in [0, 0.1) is 3.57 Å². The zero-order valence-corrected chi connectivity index (χ0v) is 13.4. The highest BCUT2D eigenvalue weighted by atomic mass is 127. The van der Waals surface area contributed by atoms with Gasteiger partial charge >= 0.3 is 12.0 Å². The molecule has 4 N–H and O–H groups in total. The Morgan fingerprint density at radius 3 is 2.63 bits per heavy atom. The monoisotopic (exact) mass is 442 g/mol. The molecule has 0 aliphatic carbocycles. The fourth-order valence-corrected chi connectivity index (χ4v) is 2.00. The first-order valence-corrected chi connectivity index (χ1v) is 7.17. The summed E-state index contributed by atoms with van der Waals surface area (Å²) in [5.41, 5.74) is 0.540. The summed E-state index contributed by atoms with van der Waals surface area (Å²) in [6.07, 6.45) is -0.0425. The predicted octanol–water partition coefficient (Wildman–Crippen LogP) is 2.01. The minimum Gasteiger partial charge on any atom is -0.480 e. The number of urea groups is 1. The minimum atomic E-state index is -1.19. The van der Waals surface area contributed by atoms with Crippen LogP contribution in [0.1, 0.15) is 6.42 Å². The van der Waals surface area contributed by atoms with E-state index in [2.05, 4.69) is 49.2 Å². The molecular weight excluding hydrogens is 431 g/mol. The summed E-state index contributed by atoms with van der Waals surface area (Å²) in [4.78, 5) is 22.4. The Labute approximate surface area is 131 Å². The average molecular weight is 443 g/mol. The molecule has 8 heteroatoms. The summed E-state index contributed by atoms with van der Waals surface area (Å²) in [5, 5.41) is 22.3. The van der Waals surface area contributed by atoms with Crippen molar-refractivity contribution < 1.29 is 19.8 Å². The van der Waals surface area contributed by atoms with Gasteiger partial charge in [-0.15, -0.1) is 0 Å². The van der Waals surface area contributed by atoms with Gasteiger partial charge in [-0.25, -0.2) is 9.59 Å². The zero-order chi connectivity index (χ0) is 14.4. The Morgan fingerprint density at radius 1 is 1.42 bits per heavy atom. The summed E-state index contributed by atoms with van der Waals surface area (Å²) < 4.78 is 1.82. The van der Waals surface area contributed by atoms with Crippen LogP contribution < -0.4 is 10.6 Å². The topological polar surface area (TPSA) is 98.7 Å². The Bertz CT molecular complexity index is 484. The van der Waals surface area contributed by atoms with Crippen LogP contribution in [0.5, 0.6) is 0 Å². The number of benzene rings is 1. The van der Waals surface area contributed by atoms with Crippen LogP contribution in [0.2, 0.25) is 0 Å². The predicted molar refractivity (Wildman–Crippen MR) is 82.1 cm³/mol. The van der Waals surface area contributed by atoms with Crippen LogP contribution in [0.3, 0.4) is 0 Å². The number of halogens is 2. The third-order valence-corrected chi connectivity index (χ3v) is 4.54. The molecule has 0 saturated heterocycles. The van der Waals surface area contributed by atoms with E-state index in [0.717, 1.165) is 8.04 Å². The molecule has 0 fully saturated rings. The SMILES string of the molecule is O=C(Nc1ccc(I)c(Br)c1)NC(CCO)C(=O)O. The third kappa shape index (κ3) is 5.33. The van der Waals surface area contributed by atoms with Crippen molar-refractivity contribution in [1.29, 1.82) is 0 Å². The maximum Gasteiger partial charge on any atom is 0.326 e. The Morgan fingerprint density at radius 2 is 2.11 bits per heavy atom. The number of hydrogen-bond donors (Lipinski definition) is 4.